The Morgan fingerprint density at radius 2 is 2.24 bits per heavy atom. The molecular formula is C16H19N. The predicted octanol–water partition coefficient (Wildman–Crippen LogP) is 3.58. The zero-order valence-electron chi connectivity index (χ0n) is 10.2. The van der Waals surface area contributed by atoms with Gasteiger partial charge in [-0.3, -0.25) is 0 Å². The zero-order chi connectivity index (χ0) is 11.5. The summed E-state index contributed by atoms with van der Waals surface area (Å²) in [6, 6.07) is 6.53. The van der Waals surface area contributed by atoms with E-state index in [0.717, 1.165) is 11.6 Å². The summed E-state index contributed by atoms with van der Waals surface area (Å²) in [4.78, 5) is 0. The van der Waals surface area contributed by atoms with Gasteiger partial charge < -0.3 is 5.73 Å². The molecule has 0 amide bonds. The summed E-state index contributed by atoms with van der Waals surface area (Å²) in [5.74, 6) is 0.848. The van der Waals surface area contributed by atoms with Crippen molar-refractivity contribution in [3.05, 3.63) is 41.0 Å². The van der Waals surface area contributed by atoms with Crippen molar-refractivity contribution in [3.63, 3.8) is 0 Å². The normalized spacial score (nSPS) is 33.9. The second-order valence-corrected chi connectivity index (χ2v) is 6.07. The summed E-state index contributed by atoms with van der Waals surface area (Å²) in [5, 5.41) is 0. The molecule has 2 unspecified atom stereocenters. The number of rotatable bonds is 0. The number of fused-ring (bicyclic) bond motifs is 5. The van der Waals surface area contributed by atoms with Gasteiger partial charge in [-0.1, -0.05) is 23.8 Å². The Morgan fingerprint density at radius 3 is 3.00 bits per heavy atom. The fourth-order valence-electron chi connectivity index (χ4n) is 4.65. The lowest BCUT2D eigenvalue weighted by atomic mass is 9.62. The van der Waals surface area contributed by atoms with Gasteiger partial charge in [0.1, 0.15) is 0 Å². The molecule has 1 nitrogen and oxygen atoms in total. The van der Waals surface area contributed by atoms with Gasteiger partial charge in [-0.15, -0.1) is 0 Å². The zero-order valence-corrected chi connectivity index (χ0v) is 10.2. The first-order valence-electron chi connectivity index (χ1n) is 6.85. The molecule has 1 saturated carbocycles. The summed E-state index contributed by atoms with van der Waals surface area (Å²) in [6.07, 6.45) is 10.3. The third kappa shape index (κ3) is 1.15. The molecule has 1 heteroatoms. The minimum absolute atomic E-state index is 0.420. The average molecular weight is 225 g/mol. The van der Waals surface area contributed by atoms with E-state index >= 15 is 0 Å². The van der Waals surface area contributed by atoms with Gasteiger partial charge in [0.05, 0.1) is 0 Å². The Morgan fingerprint density at radius 1 is 1.29 bits per heavy atom. The topological polar surface area (TPSA) is 26.0 Å². The first kappa shape index (κ1) is 9.76. The predicted molar refractivity (Wildman–Crippen MR) is 70.9 cm³/mol. The van der Waals surface area contributed by atoms with Gasteiger partial charge in [0.15, 0.2) is 0 Å². The van der Waals surface area contributed by atoms with E-state index < -0.39 is 0 Å². The smallest absolute Gasteiger partial charge is 0.0355 e. The fourth-order valence-corrected chi connectivity index (χ4v) is 4.65. The van der Waals surface area contributed by atoms with Gasteiger partial charge in [0.25, 0.3) is 0 Å². The Hall–Kier alpha value is -1.24. The number of aryl methyl sites for hydroxylation is 1. The van der Waals surface area contributed by atoms with Crippen LogP contribution in [0.5, 0.6) is 0 Å². The van der Waals surface area contributed by atoms with Crippen molar-refractivity contribution in [2.75, 3.05) is 5.73 Å². The summed E-state index contributed by atoms with van der Waals surface area (Å²) in [7, 11) is 0. The Bertz CT molecular complexity index is 514. The lowest BCUT2D eigenvalue weighted by molar-refractivity contribution is 0.271. The van der Waals surface area contributed by atoms with Crippen LogP contribution in [0.1, 0.15) is 43.2 Å². The third-order valence-corrected chi connectivity index (χ3v) is 5.27. The first-order chi connectivity index (χ1) is 8.29. The highest BCUT2D eigenvalue weighted by Gasteiger charge is 2.50. The molecule has 0 aromatic heterocycles. The number of allylic oxidation sites excluding steroid dienone is 2. The minimum atomic E-state index is 0.420. The van der Waals surface area contributed by atoms with Crippen LogP contribution in [-0.4, -0.2) is 0 Å². The molecule has 0 radical (unpaired) electrons. The first-order valence-corrected chi connectivity index (χ1v) is 6.85. The SMILES string of the molecule is Nc1cccc2c1C1(CCC2)CC2=CCC1C2. The van der Waals surface area contributed by atoms with Crippen LogP contribution in [0.2, 0.25) is 0 Å². The quantitative estimate of drug-likeness (QED) is 0.530. The number of anilines is 1. The van der Waals surface area contributed by atoms with Crippen LogP contribution in [0.15, 0.2) is 29.8 Å². The molecule has 3 aliphatic rings. The fraction of sp³-hybridized carbons (Fsp3) is 0.500. The van der Waals surface area contributed by atoms with Crippen molar-refractivity contribution in [2.24, 2.45) is 5.92 Å². The average Bonchev–Trinajstić information content (AvgIpc) is 2.90. The monoisotopic (exact) mass is 225 g/mol. The Balaban J connectivity index is 1.94. The second kappa shape index (κ2) is 3.16. The molecule has 1 aromatic rings. The van der Waals surface area contributed by atoms with Crippen molar-refractivity contribution in [1.29, 1.82) is 0 Å². The molecule has 4 rings (SSSR count). The molecule has 1 spiro atoms. The third-order valence-electron chi connectivity index (χ3n) is 5.27. The van der Waals surface area contributed by atoms with E-state index in [0.29, 0.717) is 5.41 Å². The molecule has 17 heavy (non-hydrogen) atoms. The number of nitrogen functional groups attached to an aromatic ring is 1. The van der Waals surface area contributed by atoms with Crippen molar-refractivity contribution >= 4 is 5.69 Å². The summed E-state index contributed by atoms with van der Waals surface area (Å²) < 4.78 is 0. The highest BCUT2D eigenvalue weighted by molar-refractivity contribution is 5.58. The van der Waals surface area contributed by atoms with Gasteiger partial charge in [-0.25, -0.2) is 0 Å². The van der Waals surface area contributed by atoms with E-state index in [4.69, 9.17) is 5.73 Å². The van der Waals surface area contributed by atoms with Crippen molar-refractivity contribution < 1.29 is 0 Å². The second-order valence-electron chi connectivity index (χ2n) is 6.07. The van der Waals surface area contributed by atoms with Gasteiger partial charge in [-0.05, 0) is 61.6 Å². The Kier molecular flexibility index (Phi) is 1.81. The van der Waals surface area contributed by atoms with Gasteiger partial charge in [-0.2, -0.15) is 0 Å². The van der Waals surface area contributed by atoms with Gasteiger partial charge in [0.2, 0.25) is 0 Å². The van der Waals surface area contributed by atoms with Crippen molar-refractivity contribution in [2.45, 2.75) is 43.9 Å². The van der Waals surface area contributed by atoms with Crippen LogP contribution in [0.4, 0.5) is 5.69 Å². The number of nitrogens with two attached hydrogens (primary N) is 1. The summed E-state index contributed by atoms with van der Waals surface area (Å²) >= 11 is 0. The molecule has 2 atom stereocenters. The molecule has 1 aromatic carbocycles. The van der Waals surface area contributed by atoms with Crippen LogP contribution in [-0.2, 0) is 11.8 Å². The van der Waals surface area contributed by atoms with Crippen LogP contribution < -0.4 is 5.73 Å². The highest BCUT2D eigenvalue weighted by Crippen LogP contribution is 2.59. The summed E-state index contributed by atoms with van der Waals surface area (Å²) in [5.41, 5.74) is 12.5. The Labute approximate surface area is 103 Å². The molecule has 3 aliphatic carbocycles. The van der Waals surface area contributed by atoms with E-state index in [9.17, 15) is 0 Å². The lowest BCUT2D eigenvalue weighted by Gasteiger charge is -2.42. The molecular weight excluding hydrogens is 206 g/mol. The molecule has 2 N–H and O–H groups in total. The van der Waals surface area contributed by atoms with Gasteiger partial charge >= 0.3 is 0 Å². The van der Waals surface area contributed by atoms with Gasteiger partial charge in [0, 0.05) is 11.1 Å². The molecule has 2 bridgehead atoms. The maximum Gasteiger partial charge on any atom is 0.0355 e. The van der Waals surface area contributed by atoms with Crippen LogP contribution >= 0.6 is 0 Å². The van der Waals surface area contributed by atoms with Crippen molar-refractivity contribution in [3.8, 4) is 0 Å². The van der Waals surface area contributed by atoms with Crippen molar-refractivity contribution in [1.82, 2.24) is 0 Å². The van der Waals surface area contributed by atoms with Crippen LogP contribution in [0, 0.1) is 5.92 Å². The lowest BCUT2D eigenvalue weighted by Crippen LogP contribution is -2.36. The number of hydrogen-bond donors (Lipinski definition) is 1. The highest BCUT2D eigenvalue weighted by atomic mass is 14.6. The van der Waals surface area contributed by atoms with E-state index in [-0.39, 0.29) is 0 Å². The van der Waals surface area contributed by atoms with Crippen LogP contribution in [0.3, 0.4) is 0 Å². The standard InChI is InChI=1S/C16H19N/c17-14-5-1-3-12-4-2-8-16(15(12)14)10-11-6-7-13(16)9-11/h1,3,5-6,13H,2,4,7-10,17H2. The summed E-state index contributed by atoms with van der Waals surface area (Å²) in [6.45, 7) is 0. The number of hydrogen-bond acceptors (Lipinski definition) is 1. The molecule has 0 saturated heterocycles. The molecule has 0 heterocycles. The van der Waals surface area contributed by atoms with E-state index in [1.807, 2.05) is 0 Å². The number of benzene rings is 1. The molecule has 1 fully saturated rings. The van der Waals surface area contributed by atoms with E-state index in [1.54, 1.807) is 5.57 Å². The van der Waals surface area contributed by atoms with E-state index in [2.05, 4.69) is 24.3 Å². The maximum absolute atomic E-state index is 6.31. The van der Waals surface area contributed by atoms with Crippen LogP contribution in [0.25, 0.3) is 0 Å². The largest absolute Gasteiger partial charge is 0.398 e. The molecule has 0 aliphatic heterocycles. The molecule has 88 valence electrons. The maximum atomic E-state index is 6.31. The minimum Gasteiger partial charge on any atom is -0.398 e. The van der Waals surface area contributed by atoms with E-state index in [1.165, 1.54) is 49.7 Å².